The Morgan fingerprint density at radius 1 is 1.47 bits per heavy atom. The molecule has 1 amide bonds. The lowest BCUT2D eigenvalue weighted by atomic mass is 10.1. The fourth-order valence-electron chi connectivity index (χ4n) is 1.97. The SMILES string of the molecule is Cc1cccc(-c2nc(CC(=O)NC3CC3)cs2)c1. The summed E-state index contributed by atoms with van der Waals surface area (Å²) in [4.78, 5) is 16.3. The van der Waals surface area contributed by atoms with E-state index in [1.165, 1.54) is 5.56 Å². The van der Waals surface area contributed by atoms with E-state index in [0.717, 1.165) is 29.1 Å². The van der Waals surface area contributed by atoms with Gasteiger partial charge < -0.3 is 5.32 Å². The van der Waals surface area contributed by atoms with Crippen molar-refractivity contribution in [1.82, 2.24) is 10.3 Å². The van der Waals surface area contributed by atoms with E-state index < -0.39 is 0 Å². The summed E-state index contributed by atoms with van der Waals surface area (Å²) in [5.74, 6) is 0.0867. The van der Waals surface area contributed by atoms with Crippen LogP contribution in [0.15, 0.2) is 29.6 Å². The summed E-state index contributed by atoms with van der Waals surface area (Å²) >= 11 is 1.60. The highest BCUT2D eigenvalue weighted by atomic mass is 32.1. The van der Waals surface area contributed by atoms with Crippen LogP contribution in [-0.2, 0) is 11.2 Å². The molecule has 1 aliphatic carbocycles. The molecule has 1 N–H and O–H groups in total. The fraction of sp³-hybridized carbons (Fsp3) is 0.333. The van der Waals surface area contributed by atoms with Crippen molar-refractivity contribution in [2.24, 2.45) is 0 Å². The zero-order chi connectivity index (χ0) is 13.2. The van der Waals surface area contributed by atoms with E-state index >= 15 is 0 Å². The Morgan fingerprint density at radius 2 is 2.32 bits per heavy atom. The molecule has 0 atom stereocenters. The Morgan fingerprint density at radius 3 is 3.05 bits per heavy atom. The van der Waals surface area contributed by atoms with Gasteiger partial charge >= 0.3 is 0 Å². The van der Waals surface area contributed by atoms with Gasteiger partial charge in [0.05, 0.1) is 12.1 Å². The number of amides is 1. The summed E-state index contributed by atoms with van der Waals surface area (Å²) in [5.41, 5.74) is 3.21. The molecule has 0 radical (unpaired) electrons. The van der Waals surface area contributed by atoms with Crippen LogP contribution >= 0.6 is 11.3 Å². The second-order valence-electron chi connectivity index (χ2n) is 5.03. The van der Waals surface area contributed by atoms with Gasteiger partial charge in [0.2, 0.25) is 5.91 Å². The van der Waals surface area contributed by atoms with Crippen molar-refractivity contribution < 1.29 is 4.79 Å². The van der Waals surface area contributed by atoms with Crippen molar-refractivity contribution in [3.05, 3.63) is 40.9 Å². The third-order valence-corrected chi connectivity index (χ3v) is 4.04. The zero-order valence-electron chi connectivity index (χ0n) is 10.8. The topological polar surface area (TPSA) is 42.0 Å². The normalized spacial score (nSPS) is 14.4. The van der Waals surface area contributed by atoms with Crippen LogP contribution in [0.25, 0.3) is 10.6 Å². The van der Waals surface area contributed by atoms with E-state index in [-0.39, 0.29) is 5.91 Å². The molecule has 4 heteroatoms. The molecule has 1 heterocycles. The molecule has 1 saturated carbocycles. The first-order chi connectivity index (χ1) is 9.20. The van der Waals surface area contributed by atoms with Crippen LogP contribution < -0.4 is 5.32 Å². The van der Waals surface area contributed by atoms with Gasteiger partial charge in [-0.05, 0) is 25.8 Å². The molecule has 19 heavy (non-hydrogen) atoms. The third kappa shape index (κ3) is 3.20. The highest BCUT2D eigenvalue weighted by Gasteiger charge is 2.23. The molecule has 0 bridgehead atoms. The molecule has 1 fully saturated rings. The van der Waals surface area contributed by atoms with E-state index in [1.807, 2.05) is 11.4 Å². The van der Waals surface area contributed by atoms with E-state index in [4.69, 9.17) is 0 Å². The number of carbonyl (C=O) groups is 1. The number of aryl methyl sites for hydroxylation is 1. The first-order valence-electron chi connectivity index (χ1n) is 6.51. The predicted octanol–water partition coefficient (Wildman–Crippen LogP) is 2.94. The second kappa shape index (κ2) is 5.13. The molecule has 2 aromatic rings. The van der Waals surface area contributed by atoms with E-state index in [1.54, 1.807) is 11.3 Å². The number of benzene rings is 1. The van der Waals surface area contributed by atoms with E-state index in [2.05, 4.69) is 35.4 Å². The summed E-state index contributed by atoms with van der Waals surface area (Å²) in [7, 11) is 0. The highest BCUT2D eigenvalue weighted by molar-refractivity contribution is 7.13. The lowest BCUT2D eigenvalue weighted by Gasteiger charge is -2.00. The molecule has 0 unspecified atom stereocenters. The monoisotopic (exact) mass is 272 g/mol. The maximum absolute atomic E-state index is 11.7. The largest absolute Gasteiger partial charge is 0.353 e. The van der Waals surface area contributed by atoms with Crippen LogP contribution in [0, 0.1) is 6.92 Å². The van der Waals surface area contributed by atoms with Crippen LogP contribution in [0.5, 0.6) is 0 Å². The van der Waals surface area contributed by atoms with Gasteiger partial charge in [-0.3, -0.25) is 4.79 Å². The second-order valence-corrected chi connectivity index (χ2v) is 5.89. The summed E-state index contributed by atoms with van der Waals surface area (Å²) in [6, 6.07) is 8.70. The van der Waals surface area contributed by atoms with Crippen molar-refractivity contribution in [1.29, 1.82) is 0 Å². The molecular weight excluding hydrogens is 256 g/mol. The maximum atomic E-state index is 11.7. The fourth-order valence-corrected chi connectivity index (χ4v) is 2.79. The van der Waals surface area contributed by atoms with Crippen LogP contribution in [0.2, 0.25) is 0 Å². The van der Waals surface area contributed by atoms with Gasteiger partial charge in [0.1, 0.15) is 5.01 Å². The molecule has 98 valence electrons. The number of carbonyl (C=O) groups excluding carboxylic acids is 1. The Hall–Kier alpha value is -1.68. The molecular formula is C15H16N2OS. The lowest BCUT2D eigenvalue weighted by Crippen LogP contribution is -2.27. The molecule has 0 saturated heterocycles. The molecule has 1 aromatic carbocycles. The number of nitrogens with one attached hydrogen (secondary N) is 1. The lowest BCUT2D eigenvalue weighted by molar-refractivity contribution is -0.120. The predicted molar refractivity (Wildman–Crippen MR) is 77.2 cm³/mol. The van der Waals surface area contributed by atoms with Gasteiger partial charge in [-0.25, -0.2) is 4.98 Å². The number of nitrogens with zero attached hydrogens (tertiary/aromatic N) is 1. The highest BCUT2D eigenvalue weighted by Crippen LogP contribution is 2.25. The average molecular weight is 272 g/mol. The molecule has 3 nitrogen and oxygen atoms in total. The standard InChI is InChI=1S/C15H16N2OS/c1-10-3-2-4-11(7-10)15-17-13(9-19-15)8-14(18)16-12-5-6-12/h2-4,7,9,12H,5-6,8H2,1H3,(H,16,18). The Balaban J connectivity index is 1.70. The van der Waals surface area contributed by atoms with Crippen LogP contribution in [0.1, 0.15) is 24.1 Å². The first kappa shape index (κ1) is 12.4. The smallest absolute Gasteiger partial charge is 0.226 e. The van der Waals surface area contributed by atoms with Crippen molar-refractivity contribution >= 4 is 17.2 Å². The van der Waals surface area contributed by atoms with Crippen LogP contribution in [0.4, 0.5) is 0 Å². The number of aromatic nitrogens is 1. The third-order valence-electron chi connectivity index (χ3n) is 3.10. The molecule has 0 aliphatic heterocycles. The van der Waals surface area contributed by atoms with Crippen molar-refractivity contribution in [3.63, 3.8) is 0 Å². The van der Waals surface area contributed by atoms with Crippen molar-refractivity contribution in [2.75, 3.05) is 0 Å². The Labute approximate surface area is 116 Å². The number of rotatable bonds is 4. The van der Waals surface area contributed by atoms with Gasteiger partial charge in [0.15, 0.2) is 0 Å². The molecule has 0 spiro atoms. The summed E-state index contributed by atoms with van der Waals surface area (Å²) in [6.45, 7) is 2.07. The molecule has 1 aromatic heterocycles. The minimum absolute atomic E-state index is 0.0867. The Kier molecular flexibility index (Phi) is 3.34. The minimum Gasteiger partial charge on any atom is -0.353 e. The van der Waals surface area contributed by atoms with Gasteiger partial charge in [0.25, 0.3) is 0 Å². The van der Waals surface area contributed by atoms with Crippen molar-refractivity contribution in [2.45, 2.75) is 32.2 Å². The molecule has 1 aliphatic rings. The quantitative estimate of drug-likeness (QED) is 0.929. The number of hydrogen-bond donors (Lipinski definition) is 1. The van der Waals surface area contributed by atoms with Crippen LogP contribution in [0.3, 0.4) is 0 Å². The van der Waals surface area contributed by atoms with E-state index in [9.17, 15) is 4.79 Å². The summed E-state index contributed by atoms with van der Waals surface area (Å²) in [6.07, 6.45) is 2.63. The van der Waals surface area contributed by atoms with Gasteiger partial charge in [-0.15, -0.1) is 11.3 Å². The summed E-state index contributed by atoms with van der Waals surface area (Å²) < 4.78 is 0. The zero-order valence-corrected chi connectivity index (χ0v) is 11.7. The average Bonchev–Trinajstić information content (AvgIpc) is 3.05. The summed E-state index contributed by atoms with van der Waals surface area (Å²) in [5, 5.41) is 5.95. The molecule has 3 rings (SSSR count). The Bertz CT molecular complexity index is 602. The van der Waals surface area contributed by atoms with Gasteiger partial charge in [-0.2, -0.15) is 0 Å². The van der Waals surface area contributed by atoms with E-state index in [0.29, 0.717) is 12.5 Å². The number of thiazole rings is 1. The van der Waals surface area contributed by atoms with Gasteiger partial charge in [-0.1, -0.05) is 23.8 Å². The first-order valence-corrected chi connectivity index (χ1v) is 7.39. The van der Waals surface area contributed by atoms with Crippen molar-refractivity contribution in [3.8, 4) is 10.6 Å². The number of hydrogen-bond acceptors (Lipinski definition) is 3. The maximum Gasteiger partial charge on any atom is 0.226 e. The minimum atomic E-state index is 0.0867. The van der Waals surface area contributed by atoms with Gasteiger partial charge in [0, 0.05) is 17.0 Å². The van der Waals surface area contributed by atoms with Crippen LogP contribution in [-0.4, -0.2) is 16.9 Å².